The SMILES string of the molecule is COCC(=O)Nc1ccc(NC2=CC(=O)N(CCO)C2=O)cc1OC. The van der Waals surface area contributed by atoms with Crippen molar-refractivity contribution in [1.82, 2.24) is 4.90 Å². The Bertz CT molecular complexity index is 716. The third-order valence-corrected chi connectivity index (χ3v) is 3.36. The molecular weight excluding hydrogens is 330 g/mol. The van der Waals surface area contributed by atoms with E-state index in [1.165, 1.54) is 20.3 Å². The van der Waals surface area contributed by atoms with Crippen molar-refractivity contribution in [3.05, 3.63) is 30.0 Å². The molecule has 1 aliphatic heterocycles. The van der Waals surface area contributed by atoms with Crippen LogP contribution in [-0.4, -0.2) is 61.7 Å². The lowest BCUT2D eigenvalue weighted by atomic mass is 10.2. The Labute approximate surface area is 144 Å². The molecule has 0 aromatic heterocycles. The van der Waals surface area contributed by atoms with Crippen molar-refractivity contribution in [2.24, 2.45) is 0 Å². The van der Waals surface area contributed by atoms with E-state index in [-0.39, 0.29) is 31.4 Å². The predicted octanol–water partition coefficient (Wildman–Crippen LogP) is -0.0630. The zero-order valence-electron chi connectivity index (χ0n) is 13.9. The first-order valence-electron chi connectivity index (χ1n) is 7.42. The molecule has 3 amide bonds. The van der Waals surface area contributed by atoms with Gasteiger partial charge in [-0.1, -0.05) is 0 Å². The molecule has 1 aromatic carbocycles. The van der Waals surface area contributed by atoms with Crippen molar-refractivity contribution >= 4 is 29.1 Å². The number of aliphatic hydroxyl groups is 1. The topological polar surface area (TPSA) is 117 Å². The van der Waals surface area contributed by atoms with Crippen LogP contribution in [0.1, 0.15) is 0 Å². The molecule has 134 valence electrons. The molecule has 1 aromatic rings. The first kappa shape index (κ1) is 18.4. The number of carbonyl (C=O) groups excluding carboxylic acids is 3. The highest BCUT2D eigenvalue weighted by Gasteiger charge is 2.30. The smallest absolute Gasteiger partial charge is 0.277 e. The number of amides is 3. The molecule has 1 aliphatic rings. The predicted molar refractivity (Wildman–Crippen MR) is 89.0 cm³/mol. The molecule has 0 fully saturated rings. The standard InChI is InChI=1S/C16H19N3O6/c1-24-9-14(21)18-11-4-3-10(7-13(11)25-2)17-12-8-15(22)19(5-6-20)16(12)23/h3-4,7-8,17,20H,5-6,9H2,1-2H3,(H,18,21). The minimum Gasteiger partial charge on any atom is -0.494 e. The normalized spacial score (nSPS) is 13.7. The molecule has 0 bridgehead atoms. The van der Waals surface area contributed by atoms with Crippen molar-refractivity contribution in [2.75, 3.05) is 44.6 Å². The highest BCUT2D eigenvalue weighted by molar-refractivity contribution is 6.17. The maximum absolute atomic E-state index is 12.1. The van der Waals surface area contributed by atoms with Crippen LogP contribution in [0.4, 0.5) is 11.4 Å². The summed E-state index contributed by atoms with van der Waals surface area (Å²) in [5, 5.41) is 14.4. The summed E-state index contributed by atoms with van der Waals surface area (Å²) in [7, 11) is 2.86. The van der Waals surface area contributed by atoms with Gasteiger partial charge in [0.2, 0.25) is 5.91 Å². The van der Waals surface area contributed by atoms with E-state index in [9.17, 15) is 14.4 Å². The van der Waals surface area contributed by atoms with Gasteiger partial charge in [0.1, 0.15) is 18.1 Å². The molecule has 0 spiro atoms. The summed E-state index contributed by atoms with van der Waals surface area (Å²) in [5.41, 5.74) is 1.04. The second-order valence-electron chi connectivity index (χ2n) is 5.10. The number of benzene rings is 1. The van der Waals surface area contributed by atoms with Crippen LogP contribution in [0.3, 0.4) is 0 Å². The molecule has 9 nitrogen and oxygen atoms in total. The number of hydrogen-bond donors (Lipinski definition) is 3. The zero-order valence-corrected chi connectivity index (χ0v) is 13.9. The number of carbonyl (C=O) groups is 3. The lowest BCUT2D eigenvalue weighted by Gasteiger charge is -2.15. The molecule has 2 rings (SSSR count). The Balaban J connectivity index is 2.13. The average Bonchev–Trinajstić information content (AvgIpc) is 2.84. The van der Waals surface area contributed by atoms with Crippen LogP contribution in [0.25, 0.3) is 0 Å². The van der Waals surface area contributed by atoms with Crippen molar-refractivity contribution in [3.8, 4) is 5.75 Å². The highest BCUT2D eigenvalue weighted by atomic mass is 16.5. The van der Waals surface area contributed by atoms with Crippen LogP contribution in [0.2, 0.25) is 0 Å². The van der Waals surface area contributed by atoms with Crippen molar-refractivity contribution in [3.63, 3.8) is 0 Å². The summed E-state index contributed by atoms with van der Waals surface area (Å²) in [5.74, 6) is -0.966. The van der Waals surface area contributed by atoms with Gasteiger partial charge in [-0.15, -0.1) is 0 Å². The maximum Gasteiger partial charge on any atom is 0.277 e. The number of imide groups is 1. The van der Waals surface area contributed by atoms with Crippen LogP contribution in [-0.2, 0) is 19.1 Å². The molecule has 25 heavy (non-hydrogen) atoms. The fraction of sp³-hybridized carbons (Fsp3) is 0.312. The van der Waals surface area contributed by atoms with Gasteiger partial charge in [0.25, 0.3) is 11.8 Å². The lowest BCUT2D eigenvalue weighted by molar-refractivity contribution is -0.137. The summed E-state index contributed by atoms with van der Waals surface area (Å²) >= 11 is 0. The van der Waals surface area contributed by atoms with E-state index in [1.54, 1.807) is 18.2 Å². The summed E-state index contributed by atoms with van der Waals surface area (Å²) in [6, 6.07) is 4.80. The molecule has 0 atom stereocenters. The van der Waals surface area contributed by atoms with Gasteiger partial charge in [0.15, 0.2) is 0 Å². The number of nitrogens with one attached hydrogen (secondary N) is 2. The Hall–Kier alpha value is -2.91. The van der Waals surface area contributed by atoms with Crippen molar-refractivity contribution < 1.29 is 29.0 Å². The van der Waals surface area contributed by atoms with E-state index >= 15 is 0 Å². The van der Waals surface area contributed by atoms with Crippen LogP contribution in [0.15, 0.2) is 30.0 Å². The van der Waals surface area contributed by atoms with Crippen LogP contribution < -0.4 is 15.4 Å². The number of rotatable bonds is 8. The molecule has 0 saturated heterocycles. The minimum absolute atomic E-state index is 0.0624. The number of aliphatic hydroxyl groups excluding tert-OH is 1. The number of nitrogens with zero attached hydrogens (tertiary/aromatic N) is 1. The summed E-state index contributed by atoms with van der Waals surface area (Å²) in [6.45, 7) is -0.456. The number of anilines is 2. The van der Waals surface area contributed by atoms with Gasteiger partial charge in [-0.2, -0.15) is 0 Å². The summed E-state index contributed by atoms with van der Waals surface area (Å²) in [4.78, 5) is 36.4. The Morgan fingerprint density at radius 3 is 2.68 bits per heavy atom. The fourth-order valence-electron chi connectivity index (χ4n) is 2.26. The lowest BCUT2D eigenvalue weighted by Crippen LogP contribution is -2.34. The second-order valence-corrected chi connectivity index (χ2v) is 5.10. The third-order valence-electron chi connectivity index (χ3n) is 3.36. The van der Waals surface area contributed by atoms with Gasteiger partial charge in [-0.25, -0.2) is 0 Å². The Kier molecular flexibility index (Phi) is 6.09. The van der Waals surface area contributed by atoms with E-state index in [0.29, 0.717) is 17.1 Å². The number of ether oxygens (including phenoxy) is 2. The Morgan fingerprint density at radius 2 is 2.04 bits per heavy atom. The molecule has 1 heterocycles. The molecule has 0 unspecified atom stereocenters. The molecule has 0 aliphatic carbocycles. The van der Waals surface area contributed by atoms with E-state index in [1.807, 2.05) is 0 Å². The minimum atomic E-state index is -0.518. The van der Waals surface area contributed by atoms with E-state index in [4.69, 9.17) is 14.6 Å². The maximum atomic E-state index is 12.1. The van der Waals surface area contributed by atoms with E-state index < -0.39 is 11.8 Å². The molecule has 9 heteroatoms. The quantitative estimate of drug-likeness (QED) is 0.563. The average molecular weight is 349 g/mol. The van der Waals surface area contributed by atoms with Gasteiger partial charge in [0.05, 0.1) is 25.9 Å². The van der Waals surface area contributed by atoms with Gasteiger partial charge < -0.3 is 25.2 Å². The van der Waals surface area contributed by atoms with E-state index in [0.717, 1.165) is 4.90 Å². The largest absolute Gasteiger partial charge is 0.494 e. The van der Waals surface area contributed by atoms with Crippen LogP contribution in [0.5, 0.6) is 5.75 Å². The summed E-state index contributed by atoms with van der Waals surface area (Å²) in [6.07, 6.45) is 1.17. The van der Waals surface area contributed by atoms with Crippen molar-refractivity contribution in [2.45, 2.75) is 0 Å². The molecule has 3 N–H and O–H groups in total. The summed E-state index contributed by atoms with van der Waals surface area (Å²) < 4.78 is 9.98. The number of hydrogen-bond acceptors (Lipinski definition) is 7. The zero-order chi connectivity index (χ0) is 18.4. The highest BCUT2D eigenvalue weighted by Crippen LogP contribution is 2.29. The second kappa shape index (κ2) is 8.27. The number of β-amino-alcohol motifs (C(OH)–C–C–N with tert-alkyl or cyclic N) is 1. The van der Waals surface area contributed by atoms with Gasteiger partial charge >= 0.3 is 0 Å². The first-order valence-corrected chi connectivity index (χ1v) is 7.42. The van der Waals surface area contributed by atoms with Gasteiger partial charge in [0, 0.05) is 24.9 Å². The fourth-order valence-corrected chi connectivity index (χ4v) is 2.26. The number of methoxy groups -OCH3 is 2. The van der Waals surface area contributed by atoms with Gasteiger partial charge in [-0.05, 0) is 12.1 Å². The Morgan fingerprint density at radius 1 is 1.28 bits per heavy atom. The monoisotopic (exact) mass is 349 g/mol. The van der Waals surface area contributed by atoms with Crippen LogP contribution in [0, 0.1) is 0 Å². The molecule has 0 radical (unpaired) electrons. The molecular formula is C16H19N3O6. The third kappa shape index (κ3) is 4.34. The molecule has 0 saturated carbocycles. The van der Waals surface area contributed by atoms with Crippen molar-refractivity contribution in [1.29, 1.82) is 0 Å². The van der Waals surface area contributed by atoms with E-state index in [2.05, 4.69) is 10.6 Å². The van der Waals surface area contributed by atoms with Crippen LogP contribution >= 0.6 is 0 Å². The first-order chi connectivity index (χ1) is 12.0. The van der Waals surface area contributed by atoms with Gasteiger partial charge in [-0.3, -0.25) is 19.3 Å².